The zero-order valence-electron chi connectivity index (χ0n) is 15.9. The first-order chi connectivity index (χ1) is 13.3. The van der Waals surface area contributed by atoms with Crippen molar-refractivity contribution in [1.29, 1.82) is 0 Å². The predicted molar refractivity (Wildman–Crippen MR) is 108 cm³/mol. The number of carbonyl (C=O) groups is 1. The van der Waals surface area contributed by atoms with Gasteiger partial charge in [-0.05, 0) is 25.8 Å². The fraction of sp³-hybridized carbons (Fsp3) is 0.500. The van der Waals surface area contributed by atoms with Crippen LogP contribution in [0.4, 0.5) is 0 Å². The Morgan fingerprint density at radius 2 is 2.11 bits per heavy atom. The molecule has 1 aromatic heterocycles. The van der Waals surface area contributed by atoms with Crippen molar-refractivity contribution in [3.05, 3.63) is 46.4 Å². The van der Waals surface area contributed by atoms with Crippen LogP contribution in [-0.2, 0) is 21.2 Å². The second-order valence-corrected chi connectivity index (χ2v) is 10.4. The number of H-pyrrole nitrogens is 1. The van der Waals surface area contributed by atoms with Crippen LogP contribution in [0.5, 0.6) is 0 Å². The van der Waals surface area contributed by atoms with Gasteiger partial charge in [0.1, 0.15) is 0 Å². The van der Waals surface area contributed by atoms with Crippen molar-refractivity contribution in [3.63, 3.8) is 0 Å². The first kappa shape index (κ1) is 20.7. The standard InChI is InChI=1S/C18H24N4O4S2/c1-3-21(15-9-10-28(25,26)12-15)16(23)13(2)27-18-20-19-17(24)22(18)11-14-7-5-4-6-8-14/h4-8,13,15H,3,9-12H2,1-2H3,(H,19,24)/t13-,15+/m1/s1. The number of rotatable bonds is 7. The average molecular weight is 425 g/mol. The summed E-state index contributed by atoms with van der Waals surface area (Å²) in [5.41, 5.74) is 0.624. The first-order valence-corrected chi connectivity index (χ1v) is 11.9. The Labute approximate surface area is 168 Å². The van der Waals surface area contributed by atoms with E-state index in [1.807, 2.05) is 37.3 Å². The molecule has 1 aliphatic heterocycles. The zero-order chi connectivity index (χ0) is 20.3. The second kappa shape index (κ2) is 8.52. The fourth-order valence-electron chi connectivity index (χ4n) is 3.36. The number of nitrogens with one attached hydrogen (secondary N) is 1. The lowest BCUT2D eigenvalue weighted by Gasteiger charge is -2.29. The minimum absolute atomic E-state index is 0.0189. The van der Waals surface area contributed by atoms with E-state index >= 15 is 0 Å². The van der Waals surface area contributed by atoms with E-state index in [1.54, 1.807) is 11.8 Å². The van der Waals surface area contributed by atoms with Gasteiger partial charge in [0.15, 0.2) is 15.0 Å². The van der Waals surface area contributed by atoms with Crippen LogP contribution < -0.4 is 5.69 Å². The van der Waals surface area contributed by atoms with Crippen LogP contribution in [0, 0.1) is 0 Å². The number of aromatic nitrogens is 3. The molecule has 2 heterocycles. The molecule has 1 fully saturated rings. The molecule has 0 saturated carbocycles. The fourth-order valence-corrected chi connectivity index (χ4v) is 6.01. The molecular weight excluding hydrogens is 400 g/mol. The third-order valence-electron chi connectivity index (χ3n) is 4.81. The predicted octanol–water partition coefficient (Wildman–Crippen LogP) is 1.14. The molecule has 3 rings (SSSR count). The van der Waals surface area contributed by atoms with Gasteiger partial charge < -0.3 is 4.90 Å². The summed E-state index contributed by atoms with van der Waals surface area (Å²) in [7, 11) is -3.07. The molecule has 0 radical (unpaired) electrons. The Bertz CT molecular complexity index is 985. The maximum Gasteiger partial charge on any atom is 0.344 e. The van der Waals surface area contributed by atoms with Crippen molar-refractivity contribution in [3.8, 4) is 0 Å². The molecular formula is C18H24N4O4S2. The van der Waals surface area contributed by atoms with Crippen LogP contribution >= 0.6 is 11.8 Å². The minimum Gasteiger partial charge on any atom is -0.338 e. The third kappa shape index (κ3) is 4.67. The Kier molecular flexibility index (Phi) is 6.29. The molecule has 0 aliphatic carbocycles. The highest BCUT2D eigenvalue weighted by molar-refractivity contribution is 8.00. The van der Waals surface area contributed by atoms with Gasteiger partial charge >= 0.3 is 5.69 Å². The number of hydrogen-bond donors (Lipinski definition) is 1. The van der Waals surface area contributed by atoms with E-state index in [0.29, 0.717) is 24.7 Å². The summed E-state index contributed by atoms with van der Waals surface area (Å²) >= 11 is 1.20. The van der Waals surface area contributed by atoms with Crippen molar-refractivity contribution in [2.75, 3.05) is 18.1 Å². The van der Waals surface area contributed by atoms with Crippen molar-refractivity contribution in [2.24, 2.45) is 0 Å². The SMILES string of the molecule is CCN(C(=O)[C@@H](C)Sc1n[nH]c(=O)n1Cc1ccccc1)[C@H]1CCS(=O)(=O)C1. The van der Waals surface area contributed by atoms with Gasteiger partial charge in [-0.3, -0.25) is 9.36 Å². The number of sulfone groups is 1. The lowest BCUT2D eigenvalue weighted by atomic mass is 10.2. The molecule has 0 unspecified atom stereocenters. The van der Waals surface area contributed by atoms with Gasteiger partial charge in [-0.1, -0.05) is 42.1 Å². The Morgan fingerprint density at radius 1 is 1.39 bits per heavy atom. The van der Waals surface area contributed by atoms with E-state index in [0.717, 1.165) is 5.56 Å². The summed E-state index contributed by atoms with van der Waals surface area (Å²) in [5, 5.41) is 6.45. The van der Waals surface area contributed by atoms with Crippen LogP contribution in [0.3, 0.4) is 0 Å². The third-order valence-corrected chi connectivity index (χ3v) is 7.64. The van der Waals surface area contributed by atoms with Crippen LogP contribution in [0.1, 0.15) is 25.8 Å². The number of benzene rings is 1. The van der Waals surface area contributed by atoms with Crippen LogP contribution in [0.2, 0.25) is 0 Å². The molecule has 10 heteroatoms. The molecule has 1 aromatic carbocycles. The number of carbonyl (C=O) groups excluding carboxylic acids is 1. The summed E-state index contributed by atoms with van der Waals surface area (Å²) in [6.45, 7) is 4.41. The van der Waals surface area contributed by atoms with E-state index in [1.165, 1.54) is 16.3 Å². The number of hydrogen-bond acceptors (Lipinski definition) is 6. The lowest BCUT2D eigenvalue weighted by Crippen LogP contribution is -2.44. The molecule has 1 N–H and O–H groups in total. The maximum absolute atomic E-state index is 12.9. The average Bonchev–Trinajstić information content (AvgIpc) is 3.19. The molecule has 1 amide bonds. The van der Waals surface area contributed by atoms with Gasteiger partial charge in [0.05, 0.1) is 23.3 Å². The number of aromatic amines is 1. The Hall–Kier alpha value is -2.07. The summed E-state index contributed by atoms with van der Waals surface area (Å²) in [6.07, 6.45) is 0.473. The van der Waals surface area contributed by atoms with E-state index in [4.69, 9.17) is 0 Å². The summed E-state index contributed by atoms with van der Waals surface area (Å²) in [6, 6.07) is 9.25. The van der Waals surface area contributed by atoms with Crippen molar-refractivity contribution in [1.82, 2.24) is 19.7 Å². The molecule has 0 bridgehead atoms. The van der Waals surface area contributed by atoms with E-state index in [-0.39, 0.29) is 29.1 Å². The molecule has 1 aliphatic rings. The van der Waals surface area contributed by atoms with E-state index in [2.05, 4.69) is 10.2 Å². The highest BCUT2D eigenvalue weighted by atomic mass is 32.2. The smallest absolute Gasteiger partial charge is 0.338 e. The molecule has 0 spiro atoms. The van der Waals surface area contributed by atoms with Crippen LogP contribution in [0.15, 0.2) is 40.3 Å². The van der Waals surface area contributed by atoms with Crippen molar-refractivity contribution < 1.29 is 13.2 Å². The van der Waals surface area contributed by atoms with Gasteiger partial charge in [0.2, 0.25) is 5.91 Å². The molecule has 152 valence electrons. The summed E-state index contributed by atoms with van der Waals surface area (Å²) in [5.74, 6) is 0.000592. The molecule has 8 nitrogen and oxygen atoms in total. The first-order valence-electron chi connectivity index (χ1n) is 9.17. The van der Waals surface area contributed by atoms with Crippen molar-refractivity contribution in [2.45, 2.75) is 43.3 Å². The molecule has 28 heavy (non-hydrogen) atoms. The summed E-state index contributed by atoms with van der Waals surface area (Å²) < 4.78 is 25.0. The number of amides is 1. The largest absolute Gasteiger partial charge is 0.344 e. The Balaban J connectivity index is 1.73. The van der Waals surface area contributed by atoms with Crippen molar-refractivity contribution >= 4 is 27.5 Å². The van der Waals surface area contributed by atoms with Gasteiger partial charge in [0.25, 0.3) is 0 Å². The number of nitrogens with zero attached hydrogens (tertiary/aromatic N) is 3. The second-order valence-electron chi connectivity index (χ2n) is 6.82. The molecule has 2 aromatic rings. The summed E-state index contributed by atoms with van der Waals surface area (Å²) in [4.78, 5) is 26.7. The Morgan fingerprint density at radius 3 is 2.71 bits per heavy atom. The van der Waals surface area contributed by atoms with Gasteiger partial charge in [-0.15, -0.1) is 5.10 Å². The zero-order valence-corrected chi connectivity index (χ0v) is 17.5. The highest BCUT2D eigenvalue weighted by Crippen LogP contribution is 2.25. The highest BCUT2D eigenvalue weighted by Gasteiger charge is 2.35. The minimum atomic E-state index is -3.07. The van der Waals surface area contributed by atoms with Crippen LogP contribution in [0.25, 0.3) is 0 Å². The molecule has 1 saturated heterocycles. The van der Waals surface area contributed by atoms with Gasteiger partial charge in [-0.2, -0.15) is 0 Å². The topological polar surface area (TPSA) is 105 Å². The maximum atomic E-state index is 12.9. The van der Waals surface area contributed by atoms with Crippen LogP contribution in [-0.4, -0.2) is 63.3 Å². The van der Waals surface area contributed by atoms with Gasteiger partial charge in [0, 0.05) is 12.6 Å². The lowest BCUT2D eigenvalue weighted by molar-refractivity contribution is -0.131. The van der Waals surface area contributed by atoms with Gasteiger partial charge in [-0.25, -0.2) is 18.3 Å². The molecule has 2 atom stereocenters. The van der Waals surface area contributed by atoms with E-state index in [9.17, 15) is 18.0 Å². The number of thioether (sulfide) groups is 1. The monoisotopic (exact) mass is 424 g/mol. The van der Waals surface area contributed by atoms with E-state index < -0.39 is 15.1 Å². The quantitative estimate of drug-likeness (QED) is 0.668. The normalized spacial score (nSPS) is 19.4.